The third-order valence-electron chi connectivity index (χ3n) is 7.70. The summed E-state index contributed by atoms with van der Waals surface area (Å²) in [5.41, 5.74) is 4.93. The molecule has 3 heterocycles. The van der Waals surface area contributed by atoms with Crippen molar-refractivity contribution in [3.05, 3.63) is 70.2 Å². The molecule has 49 heavy (non-hydrogen) atoms. The van der Waals surface area contributed by atoms with Crippen molar-refractivity contribution in [2.45, 2.75) is 32.2 Å². The van der Waals surface area contributed by atoms with E-state index in [0.29, 0.717) is 56.9 Å². The zero-order valence-electron chi connectivity index (χ0n) is 26.7. The molecule has 1 fully saturated rings. The monoisotopic (exact) mass is 714 g/mol. The van der Waals surface area contributed by atoms with E-state index in [4.69, 9.17) is 9.47 Å². The van der Waals surface area contributed by atoms with Gasteiger partial charge in [-0.1, -0.05) is 24.3 Å². The van der Waals surface area contributed by atoms with Crippen molar-refractivity contribution in [1.29, 1.82) is 0 Å². The van der Waals surface area contributed by atoms with Crippen molar-refractivity contribution in [1.82, 2.24) is 25.9 Å². The number of hydrogen-bond acceptors (Lipinski definition) is 10. The van der Waals surface area contributed by atoms with Crippen LogP contribution in [-0.4, -0.2) is 79.0 Å². The second-order valence-electron chi connectivity index (χ2n) is 11.1. The molecule has 0 aliphatic carbocycles. The highest BCUT2D eigenvalue weighted by Crippen LogP contribution is 2.36. The lowest BCUT2D eigenvalue weighted by Crippen LogP contribution is -2.36. The number of anilines is 1. The van der Waals surface area contributed by atoms with Gasteiger partial charge in [-0.3, -0.25) is 9.59 Å². The third kappa shape index (κ3) is 9.70. The predicted molar refractivity (Wildman–Crippen MR) is 182 cm³/mol. The first kappa shape index (κ1) is 35.6. The molecule has 1 saturated heterocycles. The number of aryl methyl sites for hydroxylation is 1. The summed E-state index contributed by atoms with van der Waals surface area (Å²) >= 11 is 2.89. The molecular formula is C33H36F2N6O6S2. The summed E-state index contributed by atoms with van der Waals surface area (Å²) in [4.78, 5) is 48.4. The first-order chi connectivity index (χ1) is 23.7. The van der Waals surface area contributed by atoms with Gasteiger partial charge in [-0.2, -0.15) is 4.39 Å². The molecule has 4 aromatic rings. The summed E-state index contributed by atoms with van der Waals surface area (Å²) in [6, 6.07) is 8.97. The van der Waals surface area contributed by atoms with Gasteiger partial charge >= 0.3 is 6.09 Å². The number of ether oxygens (including phenoxy) is 2. The normalized spacial score (nSPS) is 13.5. The Kier molecular flexibility index (Phi) is 12.5. The topological polar surface area (TPSA) is 155 Å². The number of nitrogens with zero attached hydrogens (tertiary/aromatic N) is 3. The Bertz CT molecular complexity index is 1750. The highest BCUT2D eigenvalue weighted by molar-refractivity contribution is 7.14. The number of aromatic nitrogens is 2. The average molecular weight is 715 g/mol. The van der Waals surface area contributed by atoms with Gasteiger partial charge in [0.2, 0.25) is 11.7 Å². The minimum atomic E-state index is -1.24. The summed E-state index contributed by atoms with van der Waals surface area (Å²) in [6.07, 6.45) is -0.278. The summed E-state index contributed by atoms with van der Waals surface area (Å²) in [5.74, 6) is -3.55. The van der Waals surface area contributed by atoms with Crippen LogP contribution >= 0.6 is 22.7 Å². The lowest BCUT2D eigenvalue weighted by atomic mass is 10.0. The van der Waals surface area contributed by atoms with Crippen molar-refractivity contribution < 1.29 is 37.7 Å². The molecule has 16 heteroatoms. The zero-order valence-corrected chi connectivity index (χ0v) is 28.3. The largest absolute Gasteiger partial charge is 0.480 e. The SMILES string of the molecule is Cc1ncsc1-c1ccc([C@H](CC(=O)NCCCCNC(=O)COc2c(-c3csc(N4CCOCC4)n3)ccc(F)c2F)NC(=O)O)cc1. The van der Waals surface area contributed by atoms with Crippen LogP contribution in [0.4, 0.5) is 18.7 Å². The van der Waals surface area contributed by atoms with Gasteiger partial charge in [0.1, 0.15) is 0 Å². The van der Waals surface area contributed by atoms with Crippen molar-refractivity contribution >= 4 is 45.7 Å². The Morgan fingerprint density at radius 2 is 1.73 bits per heavy atom. The smallest absolute Gasteiger partial charge is 0.405 e. The van der Waals surface area contributed by atoms with E-state index < -0.39 is 42.0 Å². The van der Waals surface area contributed by atoms with E-state index in [-0.39, 0.29) is 24.4 Å². The van der Waals surface area contributed by atoms with E-state index in [1.54, 1.807) is 23.0 Å². The van der Waals surface area contributed by atoms with Crippen LogP contribution in [-0.2, 0) is 14.3 Å². The summed E-state index contributed by atoms with van der Waals surface area (Å²) < 4.78 is 39.7. The minimum absolute atomic E-state index is 0.0899. The zero-order chi connectivity index (χ0) is 34.8. The van der Waals surface area contributed by atoms with E-state index in [2.05, 4.69) is 30.8 Å². The minimum Gasteiger partial charge on any atom is -0.480 e. The first-order valence-corrected chi connectivity index (χ1v) is 17.4. The van der Waals surface area contributed by atoms with E-state index in [1.807, 2.05) is 19.1 Å². The predicted octanol–water partition coefficient (Wildman–Crippen LogP) is 5.15. The maximum absolute atomic E-state index is 14.8. The number of amides is 3. The van der Waals surface area contributed by atoms with Gasteiger partial charge in [-0.05, 0) is 43.0 Å². The van der Waals surface area contributed by atoms with Crippen molar-refractivity contribution in [3.8, 4) is 27.4 Å². The van der Waals surface area contributed by atoms with E-state index in [1.165, 1.54) is 28.7 Å². The summed E-state index contributed by atoms with van der Waals surface area (Å²) in [5, 5.41) is 19.6. The number of benzene rings is 2. The molecule has 0 unspecified atom stereocenters. The number of hydrogen-bond donors (Lipinski definition) is 4. The highest BCUT2D eigenvalue weighted by atomic mass is 32.1. The van der Waals surface area contributed by atoms with Crippen LogP contribution in [0.3, 0.4) is 0 Å². The Morgan fingerprint density at radius 3 is 2.41 bits per heavy atom. The van der Waals surface area contributed by atoms with Gasteiger partial charge in [0.05, 0.1) is 47.5 Å². The highest BCUT2D eigenvalue weighted by Gasteiger charge is 2.22. The molecule has 260 valence electrons. The van der Waals surface area contributed by atoms with Crippen LogP contribution in [0.15, 0.2) is 47.3 Å². The number of carbonyl (C=O) groups is 3. The van der Waals surface area contributed by atoms with Crippen LogP contribution in [0, 0.1) is 18.6 Å². The fourth-order valence-corrected chi connectivity index (χ4v) is 6.85. The molecule has 3 amide bonds. The Hall–Kier alpha value is -4.67. The molecule has 0 radical (unpaired) electrons. The van der Waals surface area contributed by atoms with Crippen LogP contribution < -0.4 is 25.6 Å². The van der Waals surface area contributed by atoms with Crippen LogP contribution in [0.2, 0.25) is 0 Å². The second kappa shape index (κ2) is 17.1. The number of nitrogens with one attached hydrogen (secondary N) is 3. The third-order valence-corrected chi connectivity index (χ3v) is 9.58. The molecule has 2 aromatic carbocycles. The molecule has 0 bridgehead atoms. The van der Waals surface area contributed by atoms with E-state index in [9.17, 15) is 28.3 Å². The number of carboxylic acid groups (broad SMARTS) is 1. The van der Waals surface area contributed by atoms with Crippen molar-refractivity contribution in [2.24, 2.45) is 0 Å². The molecular weight excluding hydrogens is 679 g/mol. The van der Waals surface area contributed by atoms with Gasteiger partial charge in [-0.15, -0.1) is 22.7 Å². The number of thiazole rings is 2. The number of halogens is 2. The van der Waals surface area contributed by atoms with Gasteiger partial charge in [0, 0.05) is 37.1 Å². The molecule has 1 aliphatic rings. The average Bonchev–Trinajstić information content (AvgIpc) is 3.76. The fraction of sp³-hybridized carbons (Fsp3) is 0.364. The van der Waals surface area contributed by atoms with Crippen molar-refractivity contribution in [2.75, 3.05) is 50.9 Å². The number of rotatable bonds is 15. The molecule has 4 N–H and O–H groups in total. The standard InChI is InChI=1S/C33H36F2N6O6S2/c1-20-31(49-19-38-20)22-6-4-21(5-7-22)25(40-33(44)45)16-27(42)36-10-2-3-11-37-28(43)17-47-30-23(8-9-24(34)29(30)35)26-18-48-32(39-26)41-12-14-46-15-13-41/h4-9,18-19,25,40H,2-3,10-17H2,1H3,(H,36,42)(H,37,43)(H,44,45)/t25-/m0/s1. The quantitative estimate of drug-likeness (QED) is 0.123. The number of morpholine rings is 1. The van der Waals surface area contributed by atoms with Gasteiger partial charge in [-0.25, -0.2) is 19.2 Å². The molecule has 2 aromatic heterocycles. The fourth-order valence-electron chi connectivity index (χ4n) is 5.16. The van der Waals surface area contributed by atoms with Crippen LogP contribution in [0.25, 0.3) is 21.7 Å². The Balaban J connectivity index is 1.04. The first-order valence-electron chi connectivity index (χ1n) is 15.6. The number of carbonyl (C=O) groups excluding carboxylic acids is 2. The summed E-state index contributed by atoms with van der Waals surface area (Å²) in [6.45, 7) is 4.47. The molecule has 12 nitrogen and oxygen atoms in total. The molecule has 0 saturated carbocycles. The maximum atomic E-state index is 14.8. The maximum Gasteiger partial charge on any atom is 0.405 e. The Morgan fingerprint density at radius 1 is 1.02 bits per heavy atom. The molecule has 0 spiro atoms. The van der Waals surface area contributed by atoms with Gasteiger partial charge in [0.15, 0.2) is 23.3 Å². The van der Waals surface area contributed by atoms with E-state index in [0.717, 1.165) is 27.3 Å². The van der Waals surface area contributed by atoms with Crippen molar-refractivity contribution in [3.63, 3.8) is 0 Å². The Labute approximate surface area is 289 Å². The van der Waals surface area contributed by atoms with Crippen LogP contribution in [0.1, 0.15) is 36.6 Å². The molecule has 1 atom stereocenters. The summed E-state index contributed by atoms with van der Waals surface area (Å²) in [7, 11) is 0. The van der Waals surface area contributed by atoms with Gasteiger partial charge in [0.25, 0.3) is 5.91 Å². The number of unbranched alkanes of at least 4 members (excludes halogenated alkanes) is 1. The lowest BCUT2D eigenvalue weighted by molar-refractivity contribution is -0.123. The van der Waals surface area contributed by atoms with E-state index >= 15 is 0 Å². The molecule has 5 rings (SSSR count). The van der Waals surface area contributed by atoms with Gasteiger partial charge < -0.3 is 35.4 Å². The molecule has 1 aliphatic heterocycles. The van der Waals surface area contributed by atoms with Crippen LogP contribution in [0.5, 0.6) is 5.75 Å². The second-order valence-corrected chi connectivity index (χ2v) is 12.8. The lowest BCUT2D eigenvalue weighted by Gasteiger charge is -2.26.